The zero-order valence-corrected chi connectivity index (χ0v) is 8.33. The summed E-state index contributed by atoms with van der Waals surface area (Å²) in [5.41, 5.74) is 0. The van der Waals surface area contributed by atoms with Crippen molar-refractivity contribution in [2.24, 2.45) is 0 Å². The molecule has 4 saturated heterocycles. The quantitative estimate of drug-likeness (QED) is 0.582. The Hall–Kier alpha value is -0.610. The minimum absolute atomic E-state index is 0.156. The third-order valence-corrected chi connectivity index (χ3v) is 3.70. The van der Waals surface area contributed by atoms with Gasteiger partial charge in [-0.05, 0) is 32.4 Å². The second-order valence-corrected chi connectivity index (χ2v) is 4.62. The predicted molar refractivity (Wildman–Crippen MR) is 52.9 cm³/mol. The number of nitrogens with zero attached hydrogens (tertiary/aromatic N) is 1. The van der Waals surface area contributed by atoms with E-state index in [0.717, 1.165) is 38.9 Å². The van der Waals surface area contributed by atoms with Gasteiger partial charge in [0.25, 0.3) is 0 Å². The van der Waals surface area contributed by atoms with Crippen LogP contribution in [0.15, 0.2) is 0 Å². The van der Waals surface area contributed by atoms with Crippen molar-refractivity contribution in [3.63, 3.8) is 0 Å². The highest BCUT2D eigenvalue weighted by atomic mass is 16.2. The summed E-state index contributed by atoms with van der Waals surface area (Å²) in [5, 5.41) is 6.63. The van der Waals surface area contributed by atoms with Gasteiger partial charge in [0.2, 0.25) is 5.91 Å². The molecule has 0 spiro atoms. The van der Waals surface area contributed by atoms with Gasteiger partial charge in [0.05, 0.1) is 6.04 Å². The average molecular weight is 195 g/mol. The lowest BCUT2D eigenvalue weighted by atomic mass is 9.88. The Balaban J connectivity index is 1.68. The number of fused-ring (bicyclic) bond motifs is 2. The van der Waals surface area contributed by atoms with Crippen molar-refractivity contribution in [3.05, 3.63) is 0 Å². The van der Waals surface area contributed by atoms with Crippen LogP contribution in [0.1, 0.15) is 19.3 Å². The highest BCUT2D eigenvalue weighted by Gasteiger charge is 2.45. The number of piperidine rings is 2. The number of nitrogens with one attached hydrogen (secondary N) is 2. The standard InChI is InChI=1S/C10H17N3O/c14-10-9-5-7(12-9)6-13(10)8-1-3-11-4-2-8/h7-9,11-12H,1-6H2. The van der Waals surface area contributed by atoms with E-state index in [2.05, 4.69) is 15.5 Å². The lowest BCUT2D eigenvalue weighted by Crippen LogP contribution is -2.71. The van der Waals surface area contributed by atoms with Gasteiger partial charge in [-0.2, -0.15) is 0 Å². The van der Waals surface area contributed by atoms with E-state index in [9.17, 15) is 4.79 Å². The van der Waals surface area contributed by atoms with Gasteiger partial charge in [0, 0.05) is 18.6 Å². The Morgan fingerprint density at radius 1 is 1.29 bits per heavy atom. The summed E-state index contributed by atoms with van der Waals surface area (Å²) in [4.78, 5) is 14.0. The second-order valence-electron chi connectivity index (χ2n) is 4.62. The summed E-state index contributed by atoms with van der Waals surface area (Å²) in [7, 11) is 0. The van der Waals surface area contributed by atoms with Gasteiger partial charge in [-0.1, -0.05) is 0 Å². The van der Waals surface area contributed by atoms with E-state index in [1.165, 1.54) is 0 Å². The van der Waals surface area contributed by atoms with Crippen molar-refractivity contribution in [1.82, 2.24) is 15.5 Å². The molecule has 2 atom stereocenters. The smallest absolute Gasteiger partial charge is 0.240 e. The summed E-state index contributed by atoms with van der Waals surface area (Å²) >= 11 is 0. The van der Waals surface area contributed by atoms with E-state index in [1.807, 2.05) is 0 Å². The van der Waals surface area contributed by atoms with Crippen molar-refractivity contribution in [2.45, 2.75) is 37.4 Å². The number of hydrogen-bond donors (Lipinski definition) is 2. The molecule has 4 aliphatic heterocycles. The molecule has 4 nitrogen and oxygen atoms in total. The maximum atomic E-state index is 11.9. The number of rotatable bonds is 1. The van der Waals surface area contributed by atoms with Gasteiger partial charge in [-0.15, -0.1) is 0 Å². The number of piperazine rings is 1. The average Bonchev–Trinajstić information content (AvgIpc) is 2.17. The first kappa shape index (κ1) is 8.68. The topological polar surface area (TPSA) is 44.4 Å². The largest absolute Gasteiger partial charge is 0.337 e. The summed E-state index contributed by atoms with van der Waals surface area (Å²) in [6.07, 6.45) is 3.33. The fraction of sp³-hybridized carbons (Fsp3) is 0.900. The Morgan fingerprint density at radius 2 is 2.00 bits per heavy atom. The molecular formula is C10H17N3O. The molecule has 2 unspecified atom stereocenters. The highest BCUT2D eigenvalue weighted by molar-refractivity contribution is 5.85. The molecule has 14 heavy (non-hydrogen) atoms. The van der Waals surface area contributed by atoms with Gasteiger partial charge in [-0.25, -0.2) is 0 Å². The van der Waals surface area contributed by atoms with Gasteiger partial charge >= 0.3 is 0 Å². The van der Waals surface area contributed by atoms with Crippen molar-refractivity contribution in [1.29, 1.82) is 0 Å². The SMILES string of the molecule is O=C1C2CC(CN1C1CCNCC1)N2. The minimum Gasteiger partial charge on any atom is -0.337 e. The zero-order chi connectivity index (χ0) is 9.54. The van der Waals surface area contributed by atoms with Crippen molar-refractivity contribution in [2.75, 3.05) is 19.6 Å². The maximum absolute atomic E-state index is 11.9. The van der Waals surface area contributed by atoms with Crippen LogP contribution in [-0.4, -0.2) is 48.6 Å². The fourth-order valence-corrected chi connectivity index (χ4v) is 2.82. The molecule has 4 heterocycles. The Labute approximate surface area is 84.0 Å². The summed E-state index contributed by atoms with van der Waals surface area (Å²) in [5.74, 6) is 0.347. The summed E-state index contributed by atoms with van der Waals surface area (Å²) in [6.45, 7) is 3.08. The first-order valence-corrected chi connectivity index (χ1v) is 5.62. The molecule has 0 saturated carbocycles. The third kappa shape index (κ3) is 1.25. The first-order chi connectivity index (χ1) is 6.84. The Kier molecular flexibility index (Phi) is 1.99. The van der Waals surface area contributed by atoms with Crippen LogP contribution in [0.25, 0.3) is 0 Å². The molecule has 78 valence electrons. The molecule has 0 aromatic rings. The minimum atomic E-state index is 0.156. The van der Waals surface area contributed by atoms with Crippen LogP contribution >= 0.6 is 0 Å². The molecule has 0 aromatic carbocycles. The van der Waals surface area contributed by atoms with Crippen molar-refractivity contribution >= 4 is 5.91 Å². The Bertz CT molecular complexity index is 244. The molecule has 0 aliphatic carbocycles. The van der Waals surface area contributed by atoms with Gasteiger partial charge in [0.1, 0.15) is 0 Å². The molecule has 4 fully saturated rings. The van der Waals surface area contributed by atoms with E-state index in [4.69, 9.17) is 0 Å². The lowest BCUT2D eigenvalue weighted by Gasteiger charge is -2.50. The molecule has 2 bridgehead atoms. The fourth-order valence-electron chi connectivity index (χ4n) is 2.82. The maximum Gasteiger partial charge on any atom is 0.240 e. The number of carbonyl (C=O) groups excluding carboxylic acids is 1. The number of amides is 1. The lowest BCUT2D eigenvalue weighted by molar-refractivity contribution is -0.146. The van der Waals surface area contributed by atoms with E-state index in [-0.39, 0.29) is 6.04 Å². The van der Waals surface area contributed by atoms with Crippen LogP contribution in [0, 0.1) is 0 Å². The molecule has 0 radical (unpaired) electrons. The van der Waals surface area contributed by atoms with Crippen molar-refractivity contribution < 1.29 is 4.79 Å². The van der Waals surface area contributed by atoms with Crippen LogP contribution in [0.4, 0.5) is 0 Å². The monoisotopic (exact) mass is 195 g/mol. The van der Waals surface area contributed by atoms with Crippen molar-refractivity contribution in [3.8, 4) is 0 Å². The predicted octanol–water partition coefficient (Wildman–Crippen LogP) is -0.689. The Morgan fingerprint density at radius 3 is 2.64 bits per heavy atom. The van der Waals surface area contributed by atoms with E-state index < -0.39 is 0 Å². The molecule has 2 N–H and O–H groups in total. The molecule has 0 aromatic heterocycles. The number of hydrogen-bond acceptors (Lipinski definition) is 3. The van der Waals surface area contributed by atoms with Gasteiger partial charge < -0.3 is 15.5 Å². The third-order valence-electron chi connectivity index (χ3n) is 3.70. The van der Waals surface area contributed by atoms with Gasteiger partial charge in [0.15, 0.2) is 0 Å². The molecular weight excluding hydrogens is 178 g/mol. The molecule has 4 rings (SSSR count). The normalized spacial score (nSPS) is 38.3. The molecule has 4 heteroatoms. The van der Waals surface area contributed by atoms with Crippen LogP contribution in [0.3, 0.4) is 0 Å². The van der Waals surface area contributed by atoms with Crippen LogP contribution in [-0.2, 0) is 4.79 Å². The zero-order valence-electron chi connectivity index (χ0n) is 8.33. The molecule has 1 amide bonds. The van der Waals surface area contributed by atoms with Crippen LogP contribution in [0.2, 0.25) is 0 Å². The van der Waals surface area contributed by atoms with Crippen LogP contribution < -0.4 is 10.6 Å². The molecule has 4 aliphatic rings. The van der Waals surface area contributed by atoms with E-state index >= 15 is 0 Å². The van der Waals surface area contributed by atoms with Gasteiger partial charge in [-0.3, -0.25) is 4.79 Å². The van der Waals surface area contributed by atoms with Crippen LogP contribution in [0.5, 0.6) is 0 Å². The summed E-state index contributed by atoms with van der Waals surface area (Å²) < 4.78 is 0. The summed E-state index contributed by atoms with van der Waals surface area (Å²) in [6, 6.07) is 1.26. The first-order valence-electron chi connectivity index (χ1n) is 5.62. The number of carbonyl (C=O) groups is 1. The van der Waals surface area contributed by atoms with E-state index in [1.54, 1.807) is 0 Å². The highest BCUT2D eigenvalue weighted by Crippen LogP contribution is 2.26. The second kappa shape index (κ2) is 3.21. The van der Waals surface area contributed by atoms with E-state index in [0.29, 0.717) is 18.0 Å².